The van der Waals surface area contributed by atoms with Crippen LogP contribution >= 0.6 is 11.8 Å². The number of nitrogens with zero attached hydrogens (tertiary/aromatic N) is 4. The molecular weight excluding hydrogens is 502 g/mol. The van der Waals surface area contributed by atoms with E-state index in [-0.39, 0.29) is 21.2 Å². The molecule has 0 aromatic carbocycles. The van der Waals surface area contributed by atoms with Crippen LogP contribution in [0.15, 0.2) is 34.4 Å². The molecule has 2 aromatic rings. The van der Waals surface area contributed by atoms with Gasteiger partial charge in [0.1, 0.15) is 17.0 Å². The number of pyridine rings is 1. The van der Waals surface area contributed by atoms with Gasteiger partial charge in [0.05, 0.1) is 6.20 Å². The summed E-state index contributed by atoms with van der Waals surface area (Å²) in [5, 5.41) is 0.205. The molecule has 1 aliphatic carbocycles. The highest BCUT2D eigenvalue weighted by Gasteiger charge is 2.41. The van der Waals surface area contributed by atoms with E-state index in [9.17, 15) is 17.6 Å². The summed E-state index contributed by atoms with van der Waals surface area (Å²) in [5.74, 6) is 1.63. The Morgan fingerprint density at radius 3 is 2.49 bits per heavy atom. The predicted molar refractivity (Wildman–Crippen MR) is 141 cm³/mol. The Kier molecular flexibility index (Phi) is 10.4. The van der Waals surface area contributed by atoms with Crippen molar-refractivity contribution in [2.75, 3.05) is 23.7 Å². The van der Waals surface area contributed by atoms with Crippen molar-refractivity contribution in [2.45, 2.75) is 101 Å². The van der Waals surface area contributed by atoms with Crippen LogP contribution in [-0.2, 0) is 6.18 Å². The third-order valence-corrected chi connectivity index (χ3v) is 8.59. The predicted octanol–water partition coefficient (Wildman–Crippen LogP) is 7.96. The first-order chi connectivity index (χ1) is 17.6. The maximum atomic E-state index is 13.6. The Hall–Kier alpha value is -2.10. The lowest BCUT2D eigenvalue weighted by Gasteiger charge is -2.39. The summed E-state index contributed by atoms with van der Waals surface area (Å²) in [6, 6.07) is 2.77. The lowest BCUT2D eigenvalue weighted by atomic mass is 9.77. The number of nitrogens with two attached hydrogens (primary N) is 1. The number of nitrogen functional groups attached to an aromatic ring is 1. The molecule has 2 aliphatic rings. The maximum Gasteiger partial charge on any atom is 0.434 e. The number of hydrogen-bond acceptors (Lipinski definition) is 6. The summed E-state index contributed by atoms with van der Waals surface area (Å²) in [6.45, 7) is 8.33. The summed E-state index contributed by atoms with van der Waals surface area (Å²) >= 11 is 0.797. The molecule has 10 heteroatoms. The van der Waals surface area contributed by atoms with Gasteiger partial charge >= 0.3 is 6.18 Å². The molecule has 2 aromatic heterocycles. The molecule has 2 fully saturated rings. The van der Waals surface area contributed by atoms with E-state index in [1.807, 2.05) is 0 Å². The molecule has 5 nitrogen and oxygen atoms in total. The van der Waals surface area contributed by atoms with Gasteiger partial charge in [-0.05, 0) is 55.6 Å². The van der Waals surface area contributed by atoms with Gasteiger partial charge in [-0.3, -0.25) is 4.98 Å². The van der Waals surface area contributed by atoms with Crippen molar-refractivity contribution in [1.29, 1.82) is 0 Å². The van der Waals surface area contributed by atoms with E-state index in [1.165, 1.54) is 44.0 Å². The fourth-order valence-corrected chi connectivity index (χ4v) is 5.84. The molecule has 2 N–H and O–H groups in total. The van der Waals surface area contributed by atoms with Crippen molar-refractivity contribution in [3.8, 4) is 0 Å². The molecule has 0 radical (unpaired) electrons. The summed E-state index contributed by atoms with van der Waals surface area (Å²) < 4.78 is 53.0. The number of anilines is 2. The van der Waals surface area contributed by atoms with Crippen LogP contribution in [0.5, 0.6) is 0 Å². The molecule has 0 amide bonds. The number of hydrogen-bond donors (Lipinski definition) is 1. The van der Waals surface area contributed by atoms with Gasteiger partial charge in [-0.1, -0.05) is 58.2 Å². The van der Waals surface area contributed by atoms with Crippen LogP contribution in [0.2, 0.25) is 0 Å². The largest absolute Gasteiger partial charge is 0.434 e. The van der Waals surface area contributed by atoms with Crippen LogP contribution in [0.1, 0.15) is 84.3 Å². The third-order valence-electron chi connectivity index (χ3n) is 7.54. The molecule has 1 spiro atoms. The van der Waals surface area contributed by atoms with Gasteiger partial charge in [0.2, 0.25) is 0 Å². The van der Waals surface area contributed by atoms with Crippen molar-refractivity contribution in [1.82, 2.24) is 15.0 Å². The minimum atomic E-state index is -4.56. The number of unbranched alkanes of at least 4 members (excludes halogenated alkanes) is 1. The van der Waals surface area contributed by atoms with E-state index in [2.05, 4.69) is 40.6 Å². The van der Waals surface area contributed by atoms with E-state index in [4.69, 9.17) is 5.73 Å². The van der Waals surface area contributed by atoms with E-state index in [1.54, 1.807) is 0 Å². The minimum Gasteiger partial charge on any atom is -0.381 e. The van der Waals surface area contributed by atoms with E-state index >= 15 is 0 Å². The van der Waals surface area contributed by atoms with Gasteiger partial charge in [-0.25, -0.2) is 14.4 Å². The highest BCUT2D eigenvalue weighted by Crippen LogP contribution is 2.48. The molecular formula is C27H39F4N5S. The van der Waals surface area contributed by atoms with Crippen LogP contribution in [0.4, 0.5) is 29.2 Å². The molecule has 1 aliphatic heterocycles. The lowest BCUT2D eigenvalue weighted by molar-refractivity contribution is -0.143. The first-order valence-corrected chi connectivity index (χ1v) is 14.1. The zero-order chi connectivity index (χ0) is 27.1. The first-order valence-electron chi connectivity index (χ1n) is 13.3. The number of piperidine rings is 1. The number of halogens is 4. The molecule has 206 valence electrons. The van der Waals surface area contributed by atoms with Gasteiger partial charge in [-0.15, -0.1) is 0 Å². The van der Waals surface area contributed by atoms with E-state index in [0.29, 0.717) is 18.7 Å². The van der Waals surface area contributed by atoms with Crippen LogP contribution in [0.3, 0.4) is 0 Å². The Labute approximate surface area is 222 Å². The van der Waals surface area contributed by atoms with Crippen molar-refractivity contribution in [3.63, 3.8) is 0 Å². The fraction of sp³-hybridized carbons (Fsp3) is 0.667. The van der Waals surface area contributed by atoms with Gasteiger partial charge in [0, 0.05) is 24.2 Å². The second kappa shape index (κ2) is 13.1. The van der Waals surface area contributed by atoms with E-state index < -0.39 is 18.0 Å². The highest BCUT2D eigenvalue weighted by atomic mass is 32.2. The van der Waals surface area contributed by atoms with Gasteiger partial charge in [0.25, 0.3) is 0 Å². The minimum absolute atomic E-state index is 0.0734. The topological polar surface area (TPSA) is 67.9 Å². The Balaban J connectivity index is 0.000000414. The molecule has 0 bridgehead atoms. The van der Waals surface area contributed by atoms with Crippen LogP contribution in [0.25, 0.3) is 0 Å². The smallest absolute Gasteiger partial charge is 0.381 e. The van der Waals surface area contributed by atoms with Crippen LogP contribution in [0, 0.1) is 11.3 Å². The summed E-state index contributed by atoms with van der Waals surface area (Å²) in [7, 11) is 0. The molecule has 4 rings (SSSR count). The second-order valence-corrected chi connectivity index (χ2v) is 11.4. The maximum absolute atomic E-state index is 13.6. The summed E-state index contributed by atoms with van der Waals surface area (Å²) in [4.78, 5) is 14.0. The Morgan fingerprint density at radius 1 is 1.19 bits per heavy atom. The zero-order valence-electron chi connectivity index (χ0n) is 22.0. The van der Waals surface area contributed by atoms with Crippen LogP contribution < -0.4 is 10.6 Å². The van der Waals surface area contributed by atoms with Crippen LogP contribution in [-0.4, -0.2) is 34.2 Å². The number of aromatic nitrogens is 3. The van der Waals surface area contributed by atoms with Crippen molar-refractivity contribution < 1.29 is 17.6 Å². The van der Waals surface area contributed by atoms with E-state index in [0.717, 1.165) is 56.2 Å². The Morgan fingerprint density at radius 2 is 1.92 bits per heavy atom. The Bertz CT molecular complexity index is 995. The average molecular weight is 542 g/mol. The quantitative estimate of drug-likeness (QED) is 0.359. The monoisotopic (exact) mass is 541 g/mol. The first kappa shape index (κ1) is 29.5. The lowest BCUT2D eigenvalue weighted by Crippen LogP contribution is -2.39. The number of rotatable bonds is 7. The zero-order valence-corrected chi connectivity index (χ0v) is 22.8. The molecule has 3 heterocycles. The van der Waals surface area contributed by atoms with Gasteiger partial charge < -0.3 is 10.6 Å². The molecule has 1 saturated heterocycles. The molecule has 1 saturated carbocycles. The van der Waals surface area contributed by atoms with Crippen molar-refractivity contribution >= 4 is 23.4 Å². The molecule has 2 atom stereocenters. The normalized spacial score (nSPS) is 20.0. The summed E-state index contributed by atoms with van der Waals surface area (Å²) in [6.07, 6.45) is 6.92. The number of alkyl halides is 4. The van der Waals surface area contributed by atoms with Gasteiger partial charge in [-0.2, -0.15) is 13.2 Å². The third kappa shape index (κ3) is 8.19. The van der Waals surface area contributed by atoms with Crippen molar-refractivity contribution in [3.05, 3.63) is 30.2 Å². The SMILES string of the molecule is CCCCC(C)CC.Nc1nc(N2CCC3(CCC(F)C3)CC2)cnc1Sc1cccnc1C(F)(F)F. The van der Waals surface area contributed by atoms with Crippen molar-refractivity contribution in [2.24, 2.45) is 11.3 Å². The van der Waals surface area contributed by atoms with Gasteiger partial charge in [0.15, 0.2) is 11.5 Å². The second-order valence-electron chi connectivity index (χ2n) is 10.4. The molecule has 37 heavy (non-hydrogen) atoms. The highest BCUT2D eigenvalue weighted by molar-refractivity contribution is 7.99. The summed E-state index contributed by atoms with van der Waals surface area (Å²) in [5.41, 5.74) is 5.12. The fourth-order valence-electron chi connectivity index (χ4n) is 4.96. The molecule has 2 unspecified atom stereocenters. The average Bonchev–Trinajstić information content (AvgIpc) is 3.23. The standard InChI is InChI=1S/C19H21F4N5S.C8H18/c20-12-3-4-18(10-12)5-8-28(9-6-18)14-11-26-17(16(24)27-14)29-13-2-1-7-25-15(13)19(21,22)23;1-4-6-7-8(3)5-2/h1-2,7,11-12H,3-6,8-10H2,(H2,24,27);8H,4-7H2,1-3H3.